The van der Waals surface area contributed by atoms with Crippen molar-refractivity contribution in [2.45, 2.75) is 101 Å². The largest absolute Gasteiger partial charge is 0.481 e. The molecule has 398 valence electrons. The summed E-state index contributed by atoms with van der Waals surface area (Å²) in [6.45, 7) is 0.00655. The van der Waals surface area contributed by atoms with E-state index in [0.717, 1.165) is 22.2 Å². The number of aromatic amines is 1. The highest BCUT2D eigenvalue weighted by Gasteiger charge is 2.42. The van der Waals surface area contributed by atoms with Crippen molar-refractivity contribution in [2.24, 2.45) is 16.5 Å². The third-order valence-corrected chi connectivity index (χ3v) is 13.1. The minimum absolute atomic E-state index is 0.00854. The predicted octanol–water partition coefficient (Wildman–Crippen LogP) is 0.656. The summed E-state index contributed by atoms with van der Waals surface area (Å²) in [7, 11) is 1.85. The van der Waals surface area contributed by atoms with Gasteiger partial charge in [0.15, 0.2) is 5.96 Å². The monoisotopic (exact) mass is 1040 g/mol. The van der Waals surface area contributed by atoms with Gasteiger partial charge in [0.25, 0.3) is 5.91 Å². The molecule has 24 heteroatoms. The highest BCUT2D eigenvalue weighted by atomic mass is 19.1. The molecule has 1 fully saturated rings. The number of fused-ring (bicyclic) bond motifs is 6. The Morgan fingerprint density at radius 3 is 2.27 bits per heavy atom. The molecule has 12 N–H and O–H groups in total. The molecule has 0 saturated carbocycles. The molecule has 1 aromatic heterocycles. The standard InChI is InChI=1S/C51H61FN12O11/c1-63-39-18-15-29(52)24-33(39)50(74)64-22-19-31-32-25-30(16-17-34(32)59-44(31)49(63)64)75-43(69)14-7-13-40(65)55-20-6-5-11-36-46(71)60-35(12-8-21-56-51(53)54)45(70)57-27-41(66)58-38(26-42(67)68)48(73)62-37(47(72)61-36)23-28-9-3-2-4-10-28/h2-4,9-10,15-18,24-25,35-38,49,59H,5-8,11-14,19-23,26-27H2,1H3,(H,55,65)(H,57,70)(H,58,66)(H,60,71)(H,61,72)(H,62,73)(H,67,68)(H4,53,54,56)/t35-,36-,37-,38-,49?/m0/s1. The van der Waals surface area contributed by atoms with Gasteiger partial charge in [0.2, 0.25) is 35.4 Å². The molecule has 4 aromatic rings. The van der Waals surface area contributed by atoms with Crippen molar-refractivity contribution >= 4 is 75.8 Å². The summed E-state index contributed by atoms with van der Waals surface area (Å²) >= 11 is 0. The van der Waals surface area contributed by atoms with Crippen LogP contribution >= 0.6 is 0 Å². The lowest BCUT2D eigenvalue weighted by Gasteiger charge is -2.46. The van der Waals surface area contributed by atoms with Crippen molar-refractivity contribution in [3.8, 4) is 5.75 Å². The number of benzene rings is 3. The van der Waals surface area contributed by atoms with Gasteiger partial charge in [-0.3, -0.25) is 48.1 Å². The van der Waals surface area contributed by atoms with Gasteiger partial charge < -0.3 is 68.0 Å². The number of hydrogen-bond donors (Lipinski definition) is 10. The molecule has 7 amide bonds. The summed E-state index contributed by atoms with van der Waals surface area (Å²) in [5.74, 6) is -7.12. The van der Waals surface area contributed by atoms with Crippen LogP contribution in [0.1, 0.15) is 91.1 Å². The number of ether oxygens (including phenoxy) is 1. The van der Waals surface area contributed by atoms with E-state index >= 15 is 0 Å². The number of carboxylic acids is 1. The molecule has 0 radical (unpaired) electrons. The zero-order valence-corrected chi connectivity index (χ0v) is 41.2. The topological polar surface area (TPSA) is 342 Å². The summed E-state index contributed by atoms with van der Waals surface area (Å²) in [6.07, 6.45) is 0.173. The SMILES string of the molecule is CN1c2ccc(F)cc2C(=O)N2CCc3c([nH]c4ccc(OC(=O)CCCC(=O)NCCCC[C@@H]5NC(=O)[C@H](Cc6ccccc6)NC(=O)[C@H](CC(=O)O)NC(=O)CNC(=O)[C@H](CCCN=C(N)N)NC5=O)cc34)C21. The Kier molecular flexibility index (Phi) is 18.0. The Morgan fingerprint density at radius 2 is 1.52 bits per heavy atom. The molecule has 5 atom stereocenters. The van der Waals surface area contributed by atoms with Crippen LogP contribution in [0.2, 0.25) is 0 Å². The molecule has 75 heavy (non-hydrogen) atoms. The molecule has 1 unspecified atom stereocenters. The number of anilines is 1. The van der Waals surface area contributed by atoms with Gasteiger partial charge in [0, 0.05) is 56.8 Å². The molecule has 23 nitrogen and oxygen atoms in total. The Hall–Kier alpha value is -8.57. The number of hydrogen-bond acceptors (Lipinski definition) is 12. The molecule has 7 rings (SSSR count). The van der Waals surface area contributed by atoms with E-state index in [2.05, 4.69) is 41.9 Å². The van der Waals surface area contributed by atoms with Crippen molar-refractivity contribution in [3.63, 3.8) is 0 Å². The number of aromatic nitrogens is 1. The first kappa shape index (κ1) is 54.2. The first-order valence-electron chi connectivity index (χ1n) is 24.7. The zero-order valence-electron chi connectivity index (χ0n) is 41.2. The number of amides is 7. The van der Waals surface area contributed by atoms with Crippen LogP contribution in [-0.4, -0.2) is 132 Å². The maximum atomic E-state index is 14.1. The van der Waals surface area contributed by atoms with Crippen molar-refractivity contribution in [1.29, 1.82) is 0 Å². The molecule has 3 aliphatic heterocycles. The molecular formula is C51H61FN12O11. The van der Waals surface area contributed by atoms with Crippen LogP contribution in [0.4, 0.5) is 10.1 Å². The number of carbonyl (C=O) groups is 9. The number of H-pyrrole nitrogens is 1. The van der Waals surface area contributed by atoms with Crippen LogP contribution in [0, 0.1) is 5.82 Å². The number of esters is 1. The van der Waals surface area contributed by atoms with Crippen LogP contribution in [-0.2, 0) is 51.2 Å². The summed E-state index contributed by atoms with van der Waals surface area (Å²) in [6, 6.07) is 12.5. The molecule has 0 spiro atoms. The maximum Gasteiger partial charge on any atom is 0.311 e. The minimum Gasteiger partial charge on any atom is -0.481 e. The predicted molar refractivity (Wildman–Crippen MR) is 270 cm³/mol. The van der Waals surface area contributed by atoms with Gasteiger partial charge in [-0.1, -0.05) is 30.3 Å². The van der Waals surface area contributed by atoms with Gasteiger partial charge in [-0.2, -0.15) is 0 Å². The second-order valence-corrected chi connectivity index (χ2v) is 18.6. The summed E-state index contributed by atoms with van der Waals surface area (Å²) in [5.41, 5.74) is 15.0. The first-order valence-corrected chi connectivity index (χ1v) is 24.7. The fraction of sp³-hybridized carbons (Fsp3) is 0.412. The van der Waals surface area contributed by atoms with E-state index in [1.165, 1.54) is 12.1 Å². The van der Waals surface area contributed by atoms with E-state index < -0.39 is 90.6 Å². The number of carbonyl (C=O) groups excluding carboxylic acids is 8. The minimum atomic E-state index is -1.63. The summed E-state index contributed by atoms with van der Waals surface area (Å²) in [4.78, 5) is 130. The van der Waals surface area contributed by atoms with Gasteiger partial charge in [-0.05, 0) is 92.5 Å². The lowest BCUT2D eigenvalue weighted by atomic mass is 9.96. The van der Waals surface area contributed by atoms with E-state index in [4.69, 9.17) is 16.2 Å². The third-order valence-electron chi connectivity index (χ3n) is 13.1. The second kappa shape index (κ2) is 24.9. The Labute approximate surface area is 430 Å². The Balaban J connectivity index is 0.935. The van der Waals surface area contributed by atoms with Gasteiger partial charge in [0.05, 0.1) is 29.9 Å². The number of nitrogens with one attached hydrogen (secondary N) is 7. The Morgan fingerprint density at radius 1 is 0.813 bits per heavy atom. The molecule has 3 aliphatic rings. The van der Waals surface area contributed by atoms with Gasteiger partial charge in [-0.25, -0.2) is 4.39 Å². The molecule has 4 heterocycles. The van der Waals surface area contributed by atoms with Crippen molar-refractivity contribution in [2.75, 3.05) is 38.1 Å². The number of rotatable bonds is 18. The average molecular weight is 1040 g/mol. The van der Waals surface area contributed by atoms with Crippen molar-refractivity contribution in [1.82, 2.24) is 41.8 Å². The van der Waals surface area contributed by atoms with Gasteiger partial charge in [-0.15, -0.1) is 0 Å². The van der Waals surface area contributed by atoms with Crippen LogP contribution in [0.15, 0.2) is 71.7 Å². The number of aliphatic imine (C=N–C) groups is 1. The van der Waals surface area contributed by atoms with Crippen LogP contribution < -0.4 is 53.0 Å². The smallest absolute Gasteiger partial charge is 0.311 e. The van der Waals surface area contributed by atoms with E-state index in [9.17, 15) is 52.6 Å². The van der Waals surface area contributed by atoms with Crippen LogP contribution in [0.25, 0.3) is 10.9 Å². The van der Waals surface area contributed by atoms with E-state index in [0.29, 0.717) is 42.0 Å². The third kappa shape index (κ3) is 14.1. The van der Waals surface area contributed by atoms with Gasteiger partial charge in [0.1, 0.15) is 41.9 Å². The second-order valence-electron chi connectivity index (χ2n) is 18.6. The van der Waals surface area contributed by atoms with Gasteiger partial charge >= 0.3 is 11.9 Å². The fourth-order valence-electron chi connectivity index (χ4n) is 9.40. The summed E-state index contributed by atoms with van der Waals surface area (Å²) < 4.78 is 19.7. The van der Waals surface area contributed by atoms with Crippen LogP contribution in [0.5, 0.6) is 5.75 Å². The number of nitrogens with zero attached hydrogens (tertiary/aromatic N) is 3. The number of aliphatic carboxylic acids is 1. The molecule has 1 saturated heterocycles. The van der Waals surface area contributed by atoms with E-state index in [1.807, 2.05) is 11.9 Å². The zero-order chi connectivity index (χ0) is 53.8. The normalized spacial score (nSPS) is 20.1. The molecule has 3 aromatic carbocycles. The summed E-state index contributed by atoms with van der Waals surface area (Å²) in [5, 5.41) is 25.8. The number of carboxylic acid groups (broad SMARTS) is 1. The first-order chi connectivity index (χ1) is 35.9. The highest BCUT2D eigenvalue weighted by molar-refractivity contribution is 6.03. The maximum absolute atomic E-state index is 14.1. The molecular weight excluding hydrogens is 976 g/mol. The molecule has 0 aliphatic carbocycles. The van der Waals surface area contributed by atoms with Crippen LogP contribution in [0.3, 0.4) is 0 Å². The number of guanidine groups is 1. The van der Waals surface area contributed by atoms with Crippen molar-refractivity contribution in [3.05, 3.63) is 94.9 Å². The number of nitrogens with two attached hydrogens (primary N) is 2. The molecule has 0 bridgehead atoms. The number of unbranched alkanes of at least 4 members (excludes halogenated alkanes) is 1. The van der Waals surface area contributed by atoms with E-state index in [-0.39, 0.29) is 82.2 Å². The highest BCUT2D eigenvalue weighted by Crippen LogP contribution is 2.43. The van der Waals surface area contributed by atoms with E-state index in [1.54, 1.807) is 59.5 Å². The number of halogens is 1. The quantitative estimate of drug-likeness (QED) is 0.0215. The Bertz CT molecular complexity index is 2860. The van der Waals surface area contributed by atoms with Crippen molar-refractivity contribution < 1.29 is 57.4 Å². The lowest BCUT2D eigenvalue weighted by Crippen LogP contribution is -2.58. The fourth-order valence-corrected chi connectivity index (χ4v) is 9.40. The average Bonchev–Trinajstić information content (AvgIpc) is 3.77. The lowest BCUT2D eigenvalue weighted by molar-refractivity contribution is -0.141.